The van der Waals surface area contributed by atoms with Gasteiger partial charge >= 0.3 is 6.18 Å². The Bertz CT molecular complexity index is 1060. The van der Waals surface area contributed by atoms with Crippen LogP contribution in [0.4, 0.5) is 23.2 Å². The van der Waals surface area contributed by atoms with Crippen molar-refractivity contribution in [1.29, 1.82) is 0 Å². The first-order chi connectivity index (χ1) is 13.6. The van der Waals surface area contributed by atoms with Crippen LogP contribution in [0.15, 0.2) is 47.6 Å². The van der Waals surface area contributed by atoms with Crippen LogP contribution in [0.5, 0.6) is 0 Å². The van der Waals surface area contributed by atoms with E-state index in [1.54, 1.807) is 6.07 Å². The van der Waals surface area contributed by atoms with Crippen LogP contribution in [0.1, 0.15) is 5.56 Å². The van der Waals surface area contributed by atoms with E-state index in [1.165, 1.54) is 24.3 Å². The number of benzene rings is 2. The van der Waals surface area contributed by atoms with E-state index in [1.807, 2.05) is 0 Å². The number of carbonyl (C=O) groups excluding carboxylic acids is 1. The van der Waals surface area contributed by atoms with Gasteiger partial charge in [-0.2, -0.15) is 13.2 Å². The van der Waals surface area contributed by atoms with Gasteiger partial charge in [-0.15, -0.1) is 10.2 Å². The summed E-state index contributed by atoms with van der Waals surface area (Å²) < 4.78 is 53.1. The molecule has 29 heavy (non-hydrogen) atoms. The summed E-state index contributed by atoms with van der Waals surface area (Å²) in [6.45, 7) is 0. The van der Waals surface area contributed by atoms with Gasteiger partial charge in [0.2, 0.25) is 11.1 Å². The van der Waals surface area contributed by atoms with Gasteiger partial charge in [0.15, 0.2) is 5.82 Å². The summed E-state index contributed by atoms with van der Waals surface area (Å²) in [5.41, 5.74) is -0.704. The molecule has 0 spiro atoms. The molecule has 0 unspecified atom stereocenters. The SMILES string of the molecule is Nn1c(SCC(=O)Nc2ccc(Cl)c(C(F)(F)F)c2)nnc1-c1cccc(F)c1. The van der Waals surface area contributed by atoms with Crippen LogP contribution in [0.2, 0.25) is 5.02 Å². The maximum absolute atomic E-state index is 13.3. The minimum atomic E-state index is -4.64. The summed E-state index contributed by atoms with van der Waals surface area (Å²) in [4.78, 5) is 12.1. The number of nitrogens with zero attached hydrogens (tertiary/aromatic N) is 3. The van der Waals surface area contributed by atoms with E-state index >= 15 is 0 Å². The number of rotatable bonds is 5. The van der Waals surface area contributed by atoms with Gasteiger partial charge in [-0.05, 0) is 30.3 Å². The molecule has 0 bridgehead atoms. The highest BCUT2D eigenvalue weighted by molar-refractivity contribution is 7.99. The molecule has 0 saturated heterocycles. The quantitative estimate of drug-likeness (QED) is 0.349. The predicted molar refractivity (Wildman–Crippen MR) is 101 cm³/mol. The maximum Gasteiger partial charge on any atom is 0.417 e. The van der Waals surface area contributed by atoms with Gasteiger partial charge < -0.3 is 11.2 Å². The minimum Gasteiger partial charge on any atom is -0.335 e. The third-order valence-electron chi connectivity index (χ3n) is 3.64. The molecule has 1 aromatic heterocycles. The van der Waals surface area contributed by atoms with Gasteiger partial charge in [0.1, 0.15) is 5.82 Å². The van der Waals surface area contributed by atoms with Crippen LogP contribution in [-0.4, -0.2) is 26.5 Å². The number of alkyl halides is 3. The fraction of sp³-hybridized carbons (Fsp3) is 0.118. The van der Waals surface area contributed by atoms with E-state index in [0.717, 1.165) is 28.6 Å². The zero-order valence-electron chi connectivity index (χ0n) is 14.4. The summed E-state index contributed by atoms with van der Waals surface area (Å²) in [5.74, 6) is 4.83. The molecule has 0 fully saturated rings. The molecule has 0 aliphatic carbocycles. The highest BCUT2D eigenvalue weighted by atomic mass is 35.5. The lowest BCUT2D eigenvalue weighted by atomic mass is 10.2. The lowest BCUT2D eigenvalue weighted by Crippen LogP contribution is -2.17. The summed E-state index contributed by atoms with van der Waals surface area (Å²) in [7, 11) is 0. The van der Waals surface area contributed by atoms with E-state index < -0.39 is 28.5 Å². The molecule has 0 saturated carbocycles. The second-order valence-electron chi connectivity index (χ2n) is 5.72. The molecular formula is C17H12ClF4N5OS. The molecule has 1 amide bonds. The lowest BCUT2D eigenvalue weighted by molar-refractivity contribution is -0.137. The Morgan fingerprint density at radius 2 is 1.97 bits per heavy atom. The molecule has 6 nitrogen and oxygen atoms in total. The molecule has 0 aliphatic heterocycles. The van der Waals surface area contributed by atoms with Crippen LogP contribution in [0.3, 0.4) is 0 Å². The molecule has 12 heteroatoms. The molecule has 1 heterocycles. The first kappa shape index (κ1) is 20.9. The van der Waals surface area contributed by atoms with Crippen molar-refractivity contribution in [2.24, 2.45) is 0 Å². The third-order valence-corrected chi connectivity index (χ3v) is 4.91. The second kappa shape index (κ2) is 8.29. The number of anilines is 1. The van der Waals surface area contributed by atoms with Gasteiger partial charge in [0.25, 0.3) is 0 Å². The Morgan fingerprint density at radius 1 is 1.21 bits per heavy atom. The molecule has 2 aromatic carbocycles. The summed E-state index contributed by atoms with van der Waals surface area (Å²) >= 11 is 6.46. The normalized spacial score (nSPS) is 11.5. The monoisotopic (exact) mass is 445 g/mol. The van der Waals surface area contributed by atoms with Crippen molar-refractivity contribution in [3.8, 4) is 11.4 Å². The van der Waals surface area contributed by atoms with E-state index in [9.17, 15) is 22.4 Å². The summed E-state index contributed by atoms with van der Waals surface area (Å²) in [6, 6.07) is 8.63. The van der Waals surface area contributed by atoms with Crippen molar-refractivity contribution in [2.45, 2.75) is 11.3 Å². The average Bonchev–Trinajstić information content (AvgIpc) is 3.01. The zero-order chi connectivity index (χ0) is 21.2. The molecular weight excluding hydrogens is 434 g/mol. The maximum atomic E-state index is 13.3. The van der Waals surface area contributed by atoms with Crippen LogP contribution in [0.25, 0.3) is 11.4 Å². The van der Waals surface area contributed by atoms with Crippen molar-refractivity contribution < 1.29 is 22.4 Å². The highest BCUT2D eigenvalue weighted by Gasteiger charge is 2.33. The lowest BCUT2D eigenvalue weighted by Gasteiger charge is -2.11. The fourth-order valence-electron chi connectivity index (χ4n) is 2.35. The smallest absolute Gasteiger partial charge is 0.335 e. The number of aromatic nitrogens is 3. The summed E-state index contributed by atoms with van der Waals surface area (Å²) in [5, 5.41) is 9.76. The topological polar surface area (TPSA) is 85.8 Å². The number of nitrogens with one attached hydrogen (secondary N) is 1. The van der Waals surface area contributed by atoms with E-state index in [4.69, 9.17) is 17.4 Å². The van der Waals surface area contributed by atoms with Gasteiger partial charge in [-0.25, -0.2) is 9.07 Å². The van der Waals surface area contributed by atoms with E-state index in [-0.39, 0.29) is 22.4 Å². The molecule has 152 valence electrons. The van der Waals surface area contributed by atoms with Gasteiger partial charge in [-0.1, -0.05) is 35.5 Å². The van der Waals surface area contributed by atoms with Crippen LogP contribution >= 0.6 is 23.4 Å². The molecule has 3 N–H and O–H groups in total. The van der Waals surface area contributed by atoms with Crippen LogP contribution < -0.4 is 11.2 Å². The molecule has 0 aliphatic rings. The number of nitrogen functional groups attached to an aromatic ring is 1. The Hall–Kier alpha value is -2.79. The first-order valence-electron chi connectivity index (χ1n) is 7.91. The number of halogens is 5. The van der Waals surface area contributed by atoms with Crippen molar-refractivity contribution in [3.63, 3.8) is 0 Å². The average molecular weight is 446 g/mol. The Labute approximate surface area is 171 Å². The second-order valence-corrected chi connectivity index (χ2v) is 7.07. The third kappa shape index (κ3) is 4.98. The zero-order valence-corrected chi connectivity index (χ0v) is 15.9. The minimum absolute atomic E-state index is 0.0537. The number of carbonyl (C=O) groups is 1. The fourth-order valence-corrected chi connectivity index (χ4v) is 3.23. The van der Waals surface area contributed by atoms with Gasteiger partial charge in [0, 0.05) is 11.3 Å². The summed E-state index contributed by atoms with van der Waals surface area (Å²) in [6.07, 6.45) is -4.64. The molecule has 3 aromatic rings. The van der Waals surface area contributed by atoms with Crippen LogP contribution in [0, 0.1) is 5.82 Å². The van der Waals surface area contributed by atoms with Crippen molar-refractivity contribution >= 4 is 35.0 Å². The molecule has 0 atom stereocenters. The Morgan fingerprint density at radius 3 is 2.66 bits per heavy atom. The van der Waals surface area contributed by atoms with Crippen molar-refractivity contribution in [1.82, 2.24) is 14.9 Å². The van der Waals surface area contributed by atoms with Crippen molar-refractivity contribution in [2.75, 3.05) is 16.9 Å². The van der Waals surface area contributed by atoms with Crippen LogP contribution in [-0.2, 0) is 11.0 Å². The Kier molecular flexibility index (Phi) is 5.99. The van der Waals surface area contributed by atoms with E-state index in [0.29, 0.717) is 5.56 Å². The number of amides is 1. The molecule has 3 rings (SSSR count). The van der Waals surface area contributed by atoms with E-state index in [2.05, 4.69) is 15.5 Å². The van der Waals surface area contributed by atoms with Crippen molar-refractivity contribution in [3.05, 3.63) is 58.9 Å². The number of thioether (sulfide) groups is 1. The standard InChI is InChI=1S/C17H12ClF4N5OS/c18-13-5-4-11(7-12(13)17(20,21)22)24-14(28)8-29-16-26-25-15(27(16)23)9-2-1-3-10(19)6-9/h1-7H,8,23H2,(H,24,28). The predicted octanol–water partition coefficient (Wildman–Crippen LogP) is 4.20. The van der Waals surface area contributed by atoms with Gasteiger partial charge in [-0.3, -0.25) is 4.79 Å². The number of hydrogen-bond acceptors (Lipinski definition) is 5. The Balaban J connectivity index is 1.66. The number of nitrogens with two attached hydrogens (primary N) is 1. The number of hydrogen-bond donors (Lipinski definition) is 2. The molecule has 0 radical (unpaired) electrons. The largest absolute Gasteiger partial charge is 0.417 e. The first-order valence-corrected chi connectivity index (χ1v) is 9.27. The van der Waals surface area contributed by atoms with Gasteiger partial charge in [0.05, 0.1) is 16.3 Å². The highest BCUT2D eigenvalue weighted by Crippen LogP contribution is 2.36.